The number of rotatable bonds is 5. The van der Waals surface area contributed by atoms with Crippen molar-refractivity contribution in [3.8, 4) is 17.0 Å². The van der Waals surface area contributed by atoms with E-state index < -0.39 is 0 Å². The molecule has 1 saturated heterocycles. The van der Waals surface area contributed by atoms with Crippen molar-refractivity contribution in [3.05, 3.63) is 65.9 Å². The molecule has 0 bridgehead atoms. The van der Waals surface area contributed by atoms with Crippen LogP contribution in [0.2, 0.25) is 0 Å². The first kappa shape index (κ1) is 22.1. The summed E-state index contributed by atoms with van der Waals surface area (Å²) < 4.78 is 5.55. The third-order valence-corrected chi connectivity index (χ3v) is 7.93. The second-order valence-electron chi connectivity index (χ2n) is 10.9. The number of hydrogen-bond donors (Lipinski definition) is 1. The molecule has 1 N–H and O–H groups in total. The molecule has 4 aromatic rings. The highest BCUT2D eigenvalue weighted by atomic mass is 16.5. The molecule has 1 spiro atoms. The van der Waals surface area contributed by atoms with E-state index in [1.165, 1.54) is 31.2 Å². The van der Waals surface area contributed by atoms with Gasteiger partial charge in [0.05, 0.1) is 11.2 Å². The number of aromatic nitrogens is 3. The second kappa shape index (κ2) is 8.67. The van der Waals surface area contributed by atoms with E-state index in [9.17, 15) is 5.11 Å². The minimum absolute atomic E-state index is 0.225. The van der Waals surface area contributed by atoms with Crippen LogP contribution in [0.15, 0.2) is 59.1 Å². The van der Waals surface area contributed by atoms with E-state index in [4.69, 9.17) is 4.52 Å². The molecule has 2 aromatic carbocycles. The van der Waals surface area contributed by atoms with Gasteiger partial charge in [0.1, 0.15) is 11.5 Å². The van der Waals surface area contributed by atoms with E-state index >= 15 is 0 Å². The Kier molecular flexibility index (Phi) is 5.47. The van der Waals surface area contributed by atoms with Crippen LogP contribution in [0.4, 0.5) is 5.82 Å². The van der Waals surface area contributed by atoms with Gasteiger partial charge in [-0.05, 0) is 72.8 Å². The topological polar surface area (TPSA) is 75.3 Å². The molecule has 0 atom stereocenters. The van der Waals surface area contributed by atoms with Crippen LogP contribution in [-0.4, -0.2) is 33.6 Å². The molecule has 2 fully saturated rings. The highest BCUT2D eigenvalue weighted by molar-refractivity contribution is 5.83. The molecule has 6 heteroatoms. The van der Waals surface area contributed by atoms with Crippen LogP contribution >= 0.6 is 0 Å². The number of phenols is 1. The predicted octanol–water partition coefficient (Wildman–Crippen LogP) is 6.35. The highest BCUT2D eigenvalue weighted by Gasteiger charge is 2.46. The Morgan fingerprint density at radius 2 is 1.83 bits per heavy atom. The maximum atomic E-state index is 10.1. The Hall–Kier alpha value is -3.41. The lowest BCUT2D eigenvalue weighted by Crippen LogP contribution is -2.46. The van der Waals surface area contributed by atoms with Gasteiger partial charge in [0.25, 0.3) is 0 Å². The second-order valence-corrected chi connectivity index (χ2v) is 10.9. The number of aromatic hydroxyl groups is 1. The molecular weight excluding hydrogens is 436 g/mol. The fourth-order valence-electron chi connectivity index (χ4n) is 5.92. The Morgan fingerprint density at radius 1 is 1.03 bits per heavy atom. The molecule has 6 nitrogen and oxygen atoms in total. The largest absolute Gasteiger partial charge is 0.507 e. The van der Waals surface area contributed by atoms with Crippen molar-refractivity contribution in [3.63, 3.8) is 0 Å². The summed E-state index contributed by atoms with van der Waals surface area (Å²) in [5, 5.41) is 24.4. The summed E-state index contributed by atoms with van der Waals surface area (Å²) in [5.41, 5.74) is 4.15. The van der Waals surface area contributed by atoms with Crippen molar-refractivity contribution in [2.24, 2.45) is 11.3 Å². The summed E-state index contributed by atoms with van der Waals surface area (Å²) in [6.45, 7) is 6.52. The third-order valence-electron chi connectivity index (χ3n) is 7.93. The van der Waals surface area contributed by atoms with Crippen molar-refractivity contribution in [2.45, 2.75) is 51.9 Å². The average Bonchev–Trinajstić information content (AvgIpc) is 3.30. The van der Waals surface area contributed by atoms with Gasteiger partial charge < -0.3 is 14.5 Å². The van der Waals surface area contributed by atoms with Gasteiger partial charge in [0, 0.05) is 36.5 Å². The number of fused-ring (bicyclic) bond motifs is 1. The van der Waals surface area contributed by atoms with Crippen LogP contribution < -0.4 is 4.90 Å². The predicted molar refractivity (Wildman–Crippen MR) is 138 cm³/mol. The molecule has 35 heavy (non-hydrogen) atoms. The Bertz CT molecular complexity index is 1350. The smallest absolute Gasteiger partial charge is 0.172 e. The quantitative estimate of drug-likeness (QED) is 0.368. The standard InChI is InChI=1S/C29H32N4O2/c1-19(2)13-23-16-28(32-35-23)33-11-9-29(10-12-33)17-22(18-29)20-7-8-21-15-26(31-30-25(21)14-20)24-5-3-4-6-27(24)34/h3-8,14-16,19,22,34H,9-13,17-18H2,1-2H3. The van der Waals surface area contributed by atoms with Gasteiger partial charge in [-0.3, -0.25) is 0 Å². The zero-order chi connectivity index (χ0) is 24.0. The van der Waals surface area contributed by atoms with Crippen LogP contribution in [0.1, 0.15) is 56.8 Å². The molecule has 1 saturated carbocycles. The maximum Gasteiger partial charge on any atom is 0.172 e. The lowest BCUT2D eigenvalue weighted by Gasteiger charge is -2.52. The lowest BCUT2D eigenvalue weighted by atomic mass is 9.56. The monoisotopic (exact) mass is 468 g/mol. The van der Waals surface area contributed by atoms with Crippen molar-refractivity contribution in [1.82, 2.24) is 15.4 Å². The minimum Gasteiger partial charge on any atom is -0.507 e. The molecule has 6 rings (SSSR count). The molecule has 0 radical (unpaired) electrons. The van der Waals surface area contributed by atoms with E-state index in [0.29, 0.717) is 28.5 Å². The average molecular weight is 469 g/mol. The first-order valence-electron chi connectivity index (χ1n) is 12.7. The number of phenolic OH excluding ortho intramolecular Hbond substituents is 1. The first-order chi connectivity index (χ1) is 17.0. The molecule has 1 aliphatic carbocycles. The summed E-state index contributed by atoms with van der Waals surface area (Å²) in [7, 11) is 0. The zero-order valence-corrected chi connectivity index (χ0v) is 20.4. The molecule has 2 aromatic heterocycles. The van der Waals surface area contributed by atoms with Gasteiger partial charge in [-0.1, -0.05) is 43.3 Å². The van der Waals surface area contributed by atoms with Gasteiger partial charge in [-0.15, -0.1) is 10.2 Å². The van der Waals surface area contributed by atoms with Crippen LogP contribution in [0, 0.1) is 11.3 Å². The van der Waals surface area contributed by atoms with Crippen LogP contribution in [0.5, 0.6) is 5.75 Å². The van der Waals surface area contributed by atoms with Crippen molar-refractivity contribution in [1.29, 1.82) is 0 Å². The molecule has 3 heterocycles. The summed E-state index contributed by atoms with van der Waals surface area (Å²) in [6.07, 6.45) is 5.86. The zero-order valence-electron chi connectivity index (χ0n) is 20.4. The molecule has 0 amide bonds. The van der Waals surface area contributed by atoms with Crippen molar-refractivity contribution in [2.75, 3.05) is 18.0 Å². The van der Waals surface area contributed by atoms with Gasteiger partial charge in [0.15, 0.2) is 5.82 Å². The Labute approximate surface area is 206 Å². The van der Waals surface area contributed by atoms with Crippen molar-refractivity contribution >= 4 is 16.7 Å². The summed E-state index contributed by atoms with van der Waals surface area (Å²) in [5.74, 6) is 3.39. The van der Waals surface area contributed by atoms with E-state index in [1.54, 1.807) is 6.07 Å². The fourth-order valence-corrected chi connectivity index (χ4v) is 5.92. The normalized spacial score (nSPS) is 17.9. The van der Waals surface area contributed by atoms with Crippen LogP contribution in [0.3, 0.4) is 0 Å². The van der Waals surface area contributed by atoms with E-state index in [-0.39, 0.29) is 5.75 Å². The van der Waals surface area contributed by atoms with Gasteiger partial charge in [-0.2, -0.15) is 0 Å². The first-order valence-corrected chi connectivity index (χ1v) is 12.7. The van der Waals surface area contributed by atoms with Gasteiger partial charge in [-0.25, -0.2) is 0 Å². The molecule has 1 aliphatic heterocycles. The number of anilines is 1. The van der Waals surface area contributed by atoms with E-state index in [2.05, 4.69) is 58.4 Å². The Morgan fingerprint density at radius 3 is 2.60 bits per heavy atom. The summed E-state index contributed by atoms with van der Waals surface area (Å²) in [4.78, 5) is 2.39. The summed E-state index contributed by atoms with van der Waals surface area (Å²) >= 11 is 0. The summed E-state index contributed by atoms with van der Waals surface area (Å²) in [6, 6.07) is 18.0. The molecule has 180 valence electrons. The SMILES string of the molecule is CC(C)Cc1cc(N2CCC3(CC2)CC(c2ccc4cc(-c5ccccc5O)nnc4c2)C3)no1. The number of nitrogens with zero attached hydrogens (tertiary/aromatic N) is 4. The minimum atomic E-state index is 0.225. The molecule has 2 aliphatic rings. The Balaban J connectivity index is 1.10. The van der Waals surface area contributed by atoms with Crippen LogP contribution in [0.25, 0.3) is 22.2 Å². The van der Waals surface area contributed by atoms with E-state index in [0.717, 1.165) is 42.0 Å². The molecular formula is C29H32N4O2. The lowest BCUT2D eigenvalue weighted by molar-refractivity contribution is 0.0679. The van der Waals surface area contributed by atoms with Gasteiger partial charge >= 0.3 is 0 Å². The van der Waals surface area contributed by atoms with Crippen molar-refractivity contribution < 1.29 is 9.63 Å². The van der Waals surface area contributed by atoms with E-state index in [1.807, 2.05) is 24.3 Å². The molecule has 0 unspecified atom stereocenters. The highest BCUT2D eigenvalue weighted by Crippen LogP contribution is 2.57. The number of benzene rings is 2. The maximum absolute atomic E-state index is 10.1. The van der Waals surface area contributed by atoms with Crippen LogP contribution in [-0.2, 0) is 6.42 Å². The number of para-hydroxylation sites is 1. The number of hydrogen-bond acceptors (Lipinski definition) is 6. The number of piperidine rings is 1. The van der Waals surface area contributed by atoms with Gasteiger partial charge in [0.2, 0.25) is 0 Å². The third kappa shape index (κ3) is 4.26. The fraction of sp³-hybridized carbons (Fsp3) is 0.414.